The van der Waals surface area contributed by atoms with Crippen LogP contribution in [0.5, 0.6) is 0 Å². The summed E-state index contributed by atoms with van der Waals surface area (Å²) in [7, 11) is 0. The summed E-state index contributed by atoms with van der Waals surface area (Å²) in [4.78, 5) is 3.16. The topological polar surface area (TPSA) is 36.0 Å². The molecular formula is C11H11NO. The molecule has 0 aliphatic heterocycles. The molecule has 0 aliphatic rings. The Balaban J connectivity index is 2.54. The molecule has 0 radical (unpaired) electrons. The Bertz CT molecular complexity index is 428. The van der Waals surface area contributed by atoms with Gasteiger partial charge in [0.05, 0.1) is 12.1 Å². The van der Waals surface area contributed by atoms with Crippen LogP contribution in [-0.2, 0) is 0 Å². The summed E-state index contributed by atoms with van der Waals surface area (Å²) in [6.45, 7) is 0.0805. The summed E-state index contributed by atoms with van der Waals surface area (Å²) in [6.07, 6.45) is 5.56. The molecule has 0 saturated heterocycles. The van der Waals surface area contributed by atoms with Gasteiger partial charge in [-0.1, -0.05) is 30.4 Å². The van der Waals surface area contributed by atoms with Gasteiger partial charge in [-0.25, -0.2) is 0 Å². The van der Waals surface area contributed by atoms with Crippen LogP contribution in [0.2, 0.25) is 0 Å². The number of hydrogen-bond acceptors (Lipinski definition) is 1. The van der Waals surface area contributed by atoms with E-state index in [2.05, 4.69) is 11.1 Å². The van der Waals surface area contributed by atoms with Crippen molar-refractivity contribution in [3.05, 3.63) is 42.1 Å². The highest BCUT2D eigenvalue weighted by Gasteiger charge is 1.96. The van der Waals surface area contributed by atoms with E-state index < -0.39 is 0 Å². The maximum atomic E-state index is 8.65. The summed E-state index contributed by atoms with van der Waals surface area (Å²) in [5.41, 5.74) is 2.23. The van der Waals surface area contributed by atoms with Crippen molar-refractivity contribution in [2.75, 3.05) is 6.61 Å². The SMILES string of the molecule is OCC=Cc1cccc2cc[nH]c12. The molecule has 0 amide bonds. The number of aliphatic hydroxyl groups excluding tert-OH is 1. The molecule has 1 aromatic carbocycles. The van der Waals surface area contributed by atoms with Crippen molar-refractivity contribution in [1.29, 1.82) is 0 Å². The molecule has 2 N–H and O–H groups in total. The van der Waals surface area contributed by atoms with Crippen LogP contribution in [0.4, 0.5) is 0 Å². The second-order valence-electron chi connectivity index (χ2n) is 2.87. The van der Waals surface area contributed by atoms with Gasteiger partial charge in [-0.3, -0.25) is 0 Å². The molecule has 66 valence electrons. The van der Waals surface area contributed by atoms with Gasteiger partial charge in [-0.05, 0) is 17.0 Å². The van der Waals surface area contributed by atoms with Crippen LogP contribution in [-0.4, -0.2) is 16.7 Å². The van der Waals surface area contributed by atoms with Gasteiger partial charge in [0, 0.05) is 6.20 Å². The minimum atomic E-state index is 0.0805. The maximum Gasteiger partial charge on any atom is 0.0615 e. The van der Waals surface area contributed by atoms with Crippen LogP contribution in [0.15, 0.2) is 36.5 Å². The van der Waals surface area contributed by atoms with Crippen molar-refractivity contribution in [2.24, 2.45) is 0 Å². The van der Waals surface area contributed by atoms with E-state index in [0.717, 1.165) is 11.1 Å². The monoisotopic (exact) mass is 173 g/mol. The van der Waals surface area contributed by atoms with Crippen LogP contribution in [0.3, 0.4) is 0 Å². The van der Waals surface area contributed by atoms with E-state index in [9.17, 15) is 0 Å². The van der Waals surface area contributed by atoms with Crippen LogP contribution in [0.25, 0.3) is 17.0 Å². The molecule has 0 atom stereocenters. The van der Waals surface area contributed by atoms with E-state index in [-0.39, 0.29) is 6.61 Å². The number of aromatic nitrogens is 1. The predicted molar refractivity (Wildman–Crippen MR) is 54.4 cm³/mol. The summed E-state index contributed by atoms with van der Waals surface area (Å²) < 4.78 is 0. The minimum absolute atomic E-state index is 0.0805. The standard InChI is InChI=1S/C11H11NO/c13-8-2-5-9-3-1-4-10-6-7-12-11(9)10/h1-7,12-13H,8H2. The zero-order valence-electron chi connectivity index (χ0n) is 7.20. The van der Waals surface area contributed by atoms with Crippen molar-refractivity contribution < 1.29 is 5.11 Å². The van der Waals surface area contributed by atoms with E-state index in [1.807, 2.05) is 30.5 Å². The first kappa shape index (κ1) is 8.08. The molecule has 1 aromatic heterocycles. The molecule has 2 heteroatoms. The Labute approximate surface area is 76.5 Å². The third-order valence-corrected chi connectivity index (χ3v) is 2.02. The average molecular weight is 173 g/mol. The highest BCUT2D eigenvalue weighted by Crippen LogP contribution is 2.17. The maximum absolute atomic E-state index is 8.65. The van der Waals surface area contributed by atoms with Gasteiger partial charge < -0.3 is 10.1 Å². The first-order chi connectivity index (χ1) is 6.42. The number of benzene rings is 1. The Morgan fingerprint density at radius 3 is 3.08 bits per heavy atom. The van der Waals surface area contributed by atoms with Crippen LogP contribution in [0.1, 0.15) is 5.56 Å². The lowest BCUT2D eigenvalue weighted by Crippen LogP contribution is -1.77. The van der Waals surface area contributed by atoms with Gasteiger partial charge in [0.25, 0.3) is 0 Å². The van der Waals surface area contributed by atoms with Gasteiger partial charge in [0.1, 0.15) is 0 Å². The van der Waals surface area contributed by atoms with Crippen molar-refractivity contribution in [1.82, 2.24) is 4.98 Å². The molecule has 2 rings (SSSR count). The third-order valence-electron chi connectivity index (χ3n) is 2.02. The number of fused-ring (bicyclic) bond motifs is 1. The van der Waals surface area contributed by atoms with Crippen molar-refractivity contribution in [3.8, 4) is 0 Å². The average Bonchev–Trinajstić information content (AvgIpc) is 2.62. The fourth-order valence-corrected chi connectivity index (χ4v) is 1.43. The number of para-hydroxylation sites is 1. The van der Waals surface area contributed by atoms with Gasteiger partial charge >= 0.3 is 0 Å². The molecule has 0 spiro atoms. The minimum Gasteiger partial charge on any atom is -0.392 e. The zero-order valence-corrected chi connectivity index (χ0v) is 7.20. The molecule has 0 bridgehead atoms. The van der Waals surface area contributed by atoms with E-state index >= 15 is 0 Å². The molecular weight excluding hydrogens is 162 g/mol. The molecule has 1 heterocycles. The highest BCUT2D eigenvalue weighted by atomic mass is 16.2. The number of H-pyrrole nitrogens is 1. The van der Waals surface area contributed by atoms with Gasteiger partial charge in [0.15, 0.2) is 0 Å². The second kappa shape index (κ2) is 3.46. The van der Waals surface area contributed by atoms with Crippen LogP contribution >= 0.6 is 0 Å². The van der Waals surface area contributed by atoms with Crippen molar-refractivity contribution >= 4 is 17.0 Å². The Morgan fingerprint density at radius 1 is 1.31 bits per heavy atom. The number of hydrogen-bond donors (Lipinski definition) is 2. The van der Waals surface area contributed by atoms with Gasteiger partial charge in [0.2, 0.25) is 0 Å². The number of rotatable bonds is 2. The Hall–Kier alpha value is -1.54. The van der Waals surface area contributed by atoms with Crippen molar-refractivity contribution in [3.63, 3.8) is 0 Å². The van der Waals surface area contributed by atoms with Crippen molar-refractivity contribution in [2.45, 2.75) is 0 Å². The third kappa shape index (κ3) is 1.48. The summed E-state index contributed by atoms with van der Waals surface area (Å²) >= 11 is 0. The van der Waals surface area contributed by atoms with E-state index in [1.54, 1.807) is 6.08 Å². The number of nitrogens with one attached hydrogen (secondary N) is 1. The molecule has 2 nitrogen and oxygen atoms in total. The first-order valence-electron chi connectivity index (χ1n) is 4.25. The largest absolute Gasteiger partial charge is 0.392 e. The zero-order chi connectivity index (χ0) is 9.10. The number of aromatic amines is 1. The molecule has 0 unspecified atom stereocenters. The fraction of sp³-hybridized carbons (Fsp3) is 0.0909. The molecule has 0 aliphatic carbocycles. The van der Waals surface area contributed by atoms with Crippen LogP contribution < -0.4 is 0 Å². The van der Waals surface area contributed by atoms with Gasteiger partial charge in [-0.15, -0.1) is 0 Å². The van der Waals surface area contributed by atoms with E-state index in [0.29, 0.717) is 0 Å². The Morgan fingerprint density at radius 2 is 2.23 bits per heavy atom. The lowest BCUT2D eigenvalue weighted by molar-refractivity contribution is 0.343. The predicted octanol–water partition coefficient (Wildman–Crippen LogP) is 2.17. The van der Waals surface area contributed by atoms with Crippen LogP contribution in [0, 0.1) is 0 Å². The fourth-order valence-electron chi connectivity index (χ4n) is 1.43. The first-order valence-corrected chi connectivity index (χ1v) is 4.25. The lowest BCUT2D eigenvalue weighted by atomic mass is 10.1. The van der Waals surface area contributed by atoms with Gasteiger partial charge in [-0.2, -0.15) is 0 Å². The Kier molecular flexibility index (Phi) is 2.15. The van der Waals surface area contributed by atoms with E-state index in [4.69, 9.17) is 5.11 Å². The smallest absolute Gasteiger partial charge is 0.0615 e. The summed E-state index contributed by atoms with van der Waals surface area (Å²) in [6, 6.07) is 8.12. The summed E-state index contributed by atoms with van der Waals surface area (Å²) in [5, 5.41) is 9.85. The molecule has 0 saturated carbocycles. The number of aliphatic hydroxyl groups is 1. The molecule has 13 heavy (non-hydrogen) atoms. The van der Waals surface area contributed by atoms with E-state index in [1.165, 1.54) is 5.39 Å². The molecule has 0 fully saturated rings. The summed E-state index contributed by atoms with van der Waals surface area (Å²) in [5.74, 6) is 0. The highest BCUT2D eigenvalue weighted by molar-refractivity contribution is 5.87. The molecule has 2 aromatic rings. The second-order valence-corrected chi connectivity index (χ2v) is 2.87. The quantitative estimate of drug-likeness (QED) is 0.717. The lowest BCUT2D eigenvalue weighted by Gasteiger charge is -1.95. The normalized spacial score (nSPS) is 11.5.